The molecule has 3 aromatic rings. The Labute approximate surface area is 433 Å². The van der Waals surface area contributed by atoms with Gasteiger partial charge in [0.1, 0.15) is 0 Å². The Morgan fingerprint density at radius 3 is 1.11 bits per heavy atom. The molecule has 0 radical (unpaired) electrons. The van der Waals surface area contributed by atoms with Crippen LogP contribution in [0.5, 0.6) is 0 Å². The first-order valence-electron chi connectivity index (χ1n) is 24.3. The Morgan fingerprint density at radius 2 is 0.829 bits per heavy atom. The molecule has 0 aliphatic carbocycles. The highest BCUT2D eigenvalue weighted by Crippen LogP contribution is 2.35. The highest BCUT2D eigenvalue weighted by atomic mass is 35.5. The van der Waals surface area contributed by atoms with Crippen molar-refractivity contribution in [3.8, 4) is 0 Å². The summed E-state index contributed by atoms with van der Waals surface area (Å²) in [7, 11) is 0. The summed E-state index contributed by atoms with van der Waals surface area (Å²) < 4.78 is 9.88. The van der Waals surface area contributed by atoms with E-state index in [9.17, 15) is 14.4 Å². The molecule has 0 unspecified atom stereocenters. The van der Waals surface area contributed by atoms with Crippen LogP contribution >= 0.6 is 46.4 Å². The average molecular weight is 1050 g/mol. The molecular weight excluding hydrogens is 978 g/mol. The fourth-order valence-electron chi connectivity index (χ4n) is 8.27. The van der Waals surface area contributed by atoms with E-state index in [-0.39, 0.29) is 31.6 Å². The lowest BCUT2D eigenvalue weighted by atomic mass is 10.1. The number of benzene rings is 3. The number of aliphatic hydroxyl groups is 2. The van der Waals surface area contributed by atoms with Crippen LogP contribution in [0.2, 0.25) is 0 Å². The van der Waals surface area contributed by atoms with E-state index >= 15 is 0 Å². The van der Waals surface area contributed by atoms with Crippen molar-refractivity contribution >= 4 is 116 Å². The number of hydrogen-bond donors (Lipinski definition) is 3. The van der Waals surface area contributed by atoms with Crippen molar-refractivity contribution in [2.75, 3.05) is 104 Å². The van der Waals surface area contributed by atoms with Crippen LogP contribution in [0, 0.1) is 0 Å². The standard InChI is InChI=1S/C18H24Cl2N2O2.C18H26N2O4.C16H20Cl2N2O2/c1-2-24-18(23)5-3-4-15-12-14-6-7-16(13-17(14)21-15)22(10-8-19)11-9-20;1-2-24-18(23)5-3-4-15-12-14-6-7-16(13-17(14)19-15)20(8-10-21)9-11-22;17-6-8-20(9-7-18)14-5-4-12-10-13(19-15(12)11-14)2-1-3-16(21)22/h6-7,13H,2-5,8-12H2,1H3;6-7,13,21-22H,2-5,8-12H2,1H3;4-5,11H,1-3,6-10H2,(H,21,22). The summed E-state index contributed by atoms with van der Waals surface area (Å²) in [5.74, 6) is 1.20. The number of nitrogens with zero attached hydrogens (tertiary/aromatic N) is 6. The zero-order chi connectivity index (χ0) is 50.7. The van der Waals surface area contributed by atoms with Crippen molar-refractivity contribution in [1.82, 2.24) is 0 Å². The van der Waals surface area contributed by atoms with Gasteiger partial charge in [0, 0.05) is 136 Å². The van der Waals surface area contributed by atoms with Crippen LogP contribution in [0.1, 0.15) is 88.3 Å². The molecule has 0 bridgehead atoms. The lowest BCUT2D eigenvalue weighted by Crippen LogP contribution is -2.29. The zero-order valence-corrected chi connectivity index (χ0v) is 43.7. The van der Waals surface area contributed by atoms with E-state index in [4.69, 9.17) is 76.2 Å². The zero-order valence-electron chi connectivity index (χ0n) is 40.7. The van der Waals surface area contributed by atoms with Crippen LogP contribution in [-0.2, 0) is 43.1 Å². The fourth-order valence-corrected chi connectivity index (χ4v) is 9.09. The number of aliphatic hydroxyl groups excluding tert-OH is 2. The summed E-state index contributed by atoms with van der Waals surface area (Å²) in [5, 5.41) is 27.0. The van der Waals surface area contributed by atoms with Gasteiger partial charge >= 0.3 is 17.9 Å². The Bertz CT molecular complexity index is 2110. The van der Waals surface area contributed by atoms with Gasteiger partial charge in [0.25, 0.3) is 0 Å². The van der Waals surface area contributed by atoms with Gasteiger partial charge < -0.3 is 39.5 Å². The highest BCUT2D eigenvalue weighted by Gasteiger charge is 2.20. The number of carboxylic acid groups (broad SMARTS) is 1. The lowest BCUT2D eigenvalue weighted by molar-refractivity contribution is -0.144. The van der Waals surface area contributed by atoms with Gasteiger partial charge in [-0.1, -0.05) is 18.2 Å². The molecule has 3 aliphatic rings. The molecule has 0 spiro atoms. The molecule has 14 nitrogen and oxygen atoms in total. The topological polar surface area (TPSA) is 177 Å². The molecule has 70 heavy (non-hydrogen) atoms. The quantitative estimate of drug-likeness (QED) is 0.0446. The number of carbonyl (C=O) groups excluding carboxylic acids is 2. The summed E-state index contributed by atoms with van der Waals surface area (Å²) in [6, 6.07) is 18.6. The Hall–Kier alpha value is -4.44. The molecule has 3 N–H and O–H groups in total. The van der Waals surface area contributed by atoms with Crippen LogP contribution in [0.4, 0.5) is 34.1 Å². The number of rotatable bonds is 29. The smallest absolute Gasteiger partial charge is 0.305 e. The largest absolute Gasteiger partial charge is 0.481 e. The van der Waals surface area contributed by atoms with Crippen molar-refractivity contribution in [2.24, 2.45) is 15.0 Å². The minimum Gasteiger partial charge on any atom is -0.481 e. The molecule has 0 saturated carbocycles. The first kappa shape index (κ1) is 58.1. The second-order valence-electron chi connectivity index (χ2n) is 16.7. The van der Waals surface area contributed by atoms with Crippen molar-refractivity contribution < 1.29 is 39.2 Å². The van der Waals surface area contributed by atoms with Gasteiger partial charge in [-0.15, -0.1) is 46.4 Å². The molecule has 3 aromatic carbocycles. The minimum absolute atomic E-state index is 0.0411. The van der Waals surface area contributed by atoms with Crippen molar-refractivity contribution in [2.45, 2.75) is 90.9 Å². The monoisotopic (exact) mass is 1050 g/mol. The molecule has 6 rings (SSSR count). The fraction of sp³-hybridized carbons (Fsp3) is 0.538. The number of alkyl halides is 4. The summed E-state index contributed by atoms with van der Waals surface area (Å²) >= 11 is 23.4. The van der Waals surface area contributed by atoms with Crippen LogP contribution < -0.4 is 14.7 Å². The SMILES string of the molecule is CCOC(=O)CCCC1=Nc2cc(N(CCCl)CCCl)ccc2C1.CCOC(=O)CCCC1=Nc2cc(N(CCO)CCO)ccc2C1.O=C(O)CCCC1=Nc2cc(N(CCCl)CCCl)ccc2C1. The van der Waals surface area contributed by atoms with Gasteiger partial charge in [-0.05, 0) is 105 Å². The van der Waals surface area contributed by atoms with Crippen molar-refractivity contribution in [3.63, 3.8) is 0 Å². The normalized spacial score (nSPS) is 12.8. The number of aliphatic carboxylic acids is 1. The first-order chi connectivity index (χ1) is 34.0. The van der Waals surface area contributed by atoms with Gasteiger partial charge in [0.05, 0.1) is 43.5 Å². The van der Waals surface area contributed by atoms with Crippen LogP contribution in [-0.4, -0.2) is 140 Å². The predicted octanol–water partition coefficient (Wildman–Crippen LogP) is 10.0. The molecule has 0 atom stereocenters. The maximum Gasteiger partial charge on any atom is 0.305 e. The average Bonchev–Trinajstić information content (AvgIpc) is 4.07. The van der Waals surface area contributed by atoms with Crippen LogP contribution in [0.25, 0.3) is 0 Å². The Balaban J connectivity index is 0.000000229. The molecule has 3 aliphatic heterocycles. The molecule has 384 valence electrons. The van der Waals surface area contributed by atoms with Gasteiger partial charge in [-0.25, -0.2) is 0 Å². The molecule has 0 saturated heterocycles. The minimum atomic E-state index is -0.754. The third-order valence-corrected chi connectivity index (χ3v) is 12.3. The van der Waals surface area contributed by atoms with Gasteiger partial charge in [-0.3, -0.25) is 29.4 Å². The number of hydrogen-bond acceptors (Lipinski definition) is 13. The van der Waals surface area contributed by atoms with E-state index < -0.39 is 5.97 Å². The van der Waals surface area contributed by atoms with E-state index in [1.807, 2.05) is 36.9 Å². The maximum atomic E-state index is 11.4. The number of fused-ring (bicyclic) bond motifs is 3. The molecule has 18 heteroatoms. The third kappa shape index (κ3) is 19.6. The van der Waals surface area contributed by atoms with Gasteiger partial charge in [0.15, 0.2) is 0 Å². The molecule has 3 heterocycles. The second-order valence-corrected chi connectivity index (χ2v) is 18.2. The summed E-state index contributed by atoms with van der Waals surface area (Å²) in [6.07, 6.45) is 8.10. The van der Waals surface area contributed by atoms with E-state index in [1.54, 1.807) is 0 Å². The number of esters is 2. The molecular formula is C52H70Cl4N6O8. The predicted molar refractivity (Wildman–Crippen MR) is 288 cm³/mol. The Morgan fingerprint density at radius 1 is 0.514 bits per heavy atom. The number of anilines is 3. The van der Waals surface area contributed by atoms with Crippen molar-refractivity contribution in [3.05, 3.63) is 71.3 Å². The van der Waals surface area contributed by atoms with E-state index in [2.05, 4.69) is 56.2 Å². The number of ether oxygens (including phenoxy) is 2. The number of halogens is 4. The van der Waals surface area contributed by atoms with E-state index in [1.165, 1.54) is 16.7 Å². The number of aliphatic imine (C=N–C) groups is 3. The third-order valence-electron chi connectivity index (χ3n) is 11.6. The van der Waals surface area contributed by atoms with Crippen molar-refractivity contribution in [1.29, 1.82) is 0 Å². The Kier molecular flexibility index (Phi) is 27.0. The van der Waals surface area contributed by atoms with E-state index in [0.29, 0.717) is 69.1 Å². The number of carboxylic acids is 1. The van der Waals surface area contributed by atoms with E-state index in [0.717, 1.165) is 129 Å². The van der Waals surface area contributed by atoms with Gasteiger partial charge in [0.2, 0.25) is 0 Å². The summed E-state index contributed by atoms with van der Waals surface area (Å²) in [4.78, 5) is 53.6. The first-order valence-corrected chi connectivity index (χ1v) is 26.4. The number of carbonyl (C=O) groups is 3. The molecule has 0 amide bonds. The summed E-state index contributed by atoms with van der Waals surface area (Å²) in [6.45, 7) is 8.58. The van der Waals surface area contributed by atoms with Crippen LogP contribution in [0.15, 0.2) is 69.6 Å². The lowest BCUT2D eigenvalue weighted by Gasteiger charge is -2.23. The maximum absolute atomic E-state index is 11.4. The van der Waals surface area contributed by atoms with Gasteiger partial charge in [-0.2, -0.15) is 0 Å². The summed E-state index contributed by atoms with van der Waals surface area (Å²) in [5.41, 5.74) is 13.0. The molecule has 0 aromatic heterocycles. The second kappa shape index (κ2) is 32.5. The molecule has 0 fully saturated rings. The van der Waals surface area contributed by atoms with Crippen LogP contribution in [0.3, 0.4) is 0 Å². The highest BCUT2D eigenvalue weighted by molar-refractivity contribution is 6.19.